The molecule has 0 radical (unpaired) electrons. The van der Waals surface area contributed by atoms with Gasteiger partial charge < -0.3 is 15.0 Å². The van der Waals surface area contributed by atoms with Crippen molar-refractivity contribution in [2.24, 2.45) is 0 Å². The number of benzene rings is 1. The van der Waals surface area contributed by atoms with Crippen molar-refractivity contribution in [1.29, 1.82) is 0 Å². The van der Waals surface area contributed by atoms with Gasteiger partial charge in [-0.15, -0.1) is 11.3 Å². The van der Waals surface area contributed by atoms with Crippen LogP contribution in [0.1, 0.15) is 50.6 Å². The SMILES string of the molecule is CCOC(=O)c1c(NC(=O)c2cccc(C)c2)sc2c1CCN(C(C)=O)C2. The molecule has 2 aromatic rings. The molecule has 0 bridgehead atoms. The average Bonchev–Trinajstić information content (AvgIpc) is 2.98. The standard InChI is InChI=1S/C20H22N2O4S/c1-4-26-20(25)17-15-8-9-22(13(3)23)11-16(15)27-19(17)21-18(24)14-7-5-6-12(2)10-14/h5-7,10H,4,8-9,11H2,1-3H3,(H,21,24). The zero-order valence-corrected chi connectivity index (χ0v) is 16.4. The summed E-state index contributed by atoms with van der Waals surface area (Å²) in [5, 5.41) is 3.35. The van der Waals surface area contributed by atoms with Crippen molar-refractivity contribution in [2.45, 2.75) is 33.7 Å². The summed E-state index contributed by atoms with van der Waals surface area (Å²) >= 11 is 1.34. The first kappa shape index (κ1) is 19.1. The third-order valence-corrected chi connectivity index (χ3v) is 5.62. The van der Waals surface area contributed by atoms with E-state index < -0.39 is 5.97 Å². The summed E-state index contributed by atoms with van der Waals surface area (Å²) in [6.45, 7) is 6.46. The van der Waals surface area contributed by atoms with Crippen LogP contribution in [0.15, 0.2) is 24.3 Å². The summed E-state index contributed by atoms with van der Waals surface area (Å²) in [4.78, 5) is 39.6. The molecule has 0 spiro atoms. The van der Waals surface area contributed by atoms with Gasteiger partial charge in [0.2, 0.25) is 5.91 Å². The monoisotopic (exact) mass is 386 g/mol. The zero-order valence-electron chi connectivity index (χ0n) is 15.6. The quantitative estimate of drug-likeness (QED) is 0.818. The summed E-state index contributed by atoms with van der Waals surface area (Å²) < 4.78 is 5.21. The lowest BCUT2D eigenvalue weighted by atomic mass is 10.0. The van der Waals surface area contributed by atoms with Crippen molar-refractivity contribution in [3.8, 4) is 0 Å². The first-order valence-electron chi connectivity index (χ1n) is 8.86. The van der Waals surface area contributed by atoms with E-state index in [1.165, 1.54) is 18.3 Å². The van der Waals surface area contributed by atoms with Gasteiger partial charge in [0.1, 0.15) is 5.00 Å². The topological polar surface area (TPSA) is 75.7 Å². The van der Waals surface area contributed by atoms with Gasteiger partial charge in [0.25, 0.3) is 5.91 Å². The lowest BCUT2D eigenvalue weighted by Crippen LogP contribution is -2.34. The van der Waals surface area contributed by atoms with Crippen LogP contribution >= 0.6 is 11.3 Å². The van der Waals surface area contributed by atoms with E-state index in [0.29, 0.717) is 35.6 Å². The number of aryl methyl sites for hydroxylation is 1. The van der Waals surface area contributed by atoms with E-state index in [-0.39, 0.29) is 18.4 Å². The van der Waals surface area contributed by atoms with Gasteiger partial charge in [0.15, 0.2) is 0 Å². The molecule has 0 saturated heterocycles. The Labute approximate surface area is 162 Å². The predicted octanol–water partition coefficient (Wildman–Crippen LogP) is 3.39. The fourth-order valence-electron chi connectivity index (χ4n) is 3.14. The van der Waals surface area contributed by atoms with Crippen LogP contribution in [0.25, 0.3) is 0 Å². The molecule has 6 nitrogen and oxygen atoms in total. The van der Waals surface area contributed by atoms with E-state index in [1.54, 1.807) is 24.0 Å². The largest absolute Gasteiger partial charge is 0.462 e. The van der Waals surface area contributed by atoms with Crippen LogP contribution in [0.5, 0.6) is 0 Å². The van der Waals surface area contributed by atoms with E-state index >= 15 is 0 Å². The van der Waals surface area contributed by atoms with Crippen LogP contribution < -0.4 is 5.32 Å². The summed E-state index contributed by atoms with van der Waals surface area (Å²) in [5.41, 5.74) is 2.80. The Morgan fingerprint density at radius 2 is 2.07 bits per heavy atom. The normalized spacial score (nSPS) is 13.1. The molecule has 142 valence electrons. The molecule has 2 heterocycles. The minimum absolute atomic E-state index is 0.00270. The molecular weight excluding hydrogens is 364 g/mol. The van der Waals surface area contributed by atoms with Gasteiger partial charge in [0.05, 0.1) is 18.7 Å². The molecule has 0 unspecified atom stereocenters. The van der Waals surface area contributed by atoms with E-state index in [4.69, 9.17) is 4.74 Å². The Morgan fingerprint density at radius 1 is 1.30 bits per heavy atom. The number of nitrogens with zero attached hydrogens (tertiary/aromatic N) is 1. The van der Waals surface area contributed by atoms with Crippen molar-refractivity contribution in [1.82, 2.24) is 4.90 Å². The second-order valence-electron chi connectivity index (χ2n) is 6.44. The maximum Gasteiger partial charge on any atom is 0.341 e. The highest BCUT2D eigenvalue weighted by Gasteiger charge is 2.30. The summed E-state index contributed by atoms with van der Waals surface area (Å²) in [6.07, 6.45) is 0.569. The zero-order chi connectivity index (χ0) is 19.6. The van der Waals surface area contributed by atoms with Gasteiger partial charge in [-0.3, -0.25) is 9.59 Å². The number of fused-ring (bicyclic) bond motifs is 1. The molecule has 1 aliphatic heterocycles. The van der Waals surface area contributed by atoms with Crippen LogP contribution in [-0.2, 0) is 22.5 Å². The van der Waals surface area contributed by atoms with Crippen LogP contribution in [0.3, 0.4) is 0 Å². The number of ether oxygens (including phenoxy) is 1. The Hall–Kier alpha value is -2.67. The van der Waals surface area contributed by atoms with Gasteiger partial charge >= 0.3 is 5.97 Å². The molecule has 1 aromatic heterocycles. The highest BCUT2D eigenvalue weighted by molar-refractivity contribution is 7.17. The number of hydrogen-bond donors (Lipinski definition) is 1. The van der Waals surface area contributed by atoms with E-state index in [2.05, 4.69) is 5.32 Å². The fourth-order valence-corrected chi connectivity index (χ4v) is 4.39. The molecule has 2 amide bonds. The maximum atomic E-state index is 12.7. The minimum Gasteiger partial charge on any atom is -0.462 e. The number of anilines is 1. The molecule has 3 rings (SSSR count). The molecule has 1 aromatic carbocycles. The van der Waals surface area contributed by atoms with E-state index in [1.807, 2.05) is 19.1 Å². The Kier molecular flexibility index (Phi) is 5.60. The Balaban J connectivity index is 1.95. The molecule has 0 aliphatic carbocycles. The molecule has 1 aliphatic rings. The van der Waals surface area contributed by atoms with Crippen LogP contribution in [0.2, 0.25) is 0 Å². The van der Waals surface area contributed by atoms with Gasteiger partial charge in [-0.1, -0.05) is 17.7 Å². The second kappa shape index (κ2) is 7.92. The average molecular weight is 386 g/mol. The summed E-state index contributed by atoms with van der Waals surface area (Å²) in [6, 6.07) is 7.27. The predicted molar refractivity (Wildman–Crippen MR) is 104 cm³/mol. The highest BCUT2D eigenvalue weighted by atomic mass is 32.1. The highest BCUT2D eigenvalue weighted by Crippen LogP contribution is 2.38. The van der Waals surface area contributed by atoms with E-state index in [9.17, 15) is 14.4 Å². The molecule has 0 atom stereocenters. The number of carbonyl (C=O) groups is 3. The van der Waals surface area contributed by atoms with Crippen molar-refractivity contribution >= 4 is 34.1 Å². The first-order valence-corrected chi connectivity index (χ1v) is 9.67. The van der Waals surface area contributed by atoms with Crippen molar-refractivity contribution in [3.05, 3.63) is 51.4 Å². The van der Waals surface area contributed by atoms with Gasteiger partial charge in [-0.2, -0.15) is 0 Å². The van der Waals surface area contributed by atoms with Crippen molar-refractivity contribution in [3.63, 3.8) is 0 Å². The van der Waals surface area contributed by atoms with E-state index in [0.717, 1.165) is 16.0 Å². The van der Waals surface area contributed by atoms with Gasteiger partial charge in [0, 0.05) is 23.9 Å². The molecular formula is C20H22N2O4S. The van der Waals surface area contributed by atoms with Crippen molar-refractivity contribution < 1.29 is 19.1 Å². The Bertz CT molecular complexity index is 903. The van der Waals surface area contributed by atoms with Gasteiger partial charge in [-0.25, -0.2) is 4.79 Å². The van der Waals surface area contributed by atoms with Crippen LogP contribution in [0, 0.1) is 6.92 Å². The fraction of sp³-hybridized carbons (Fsp3) is 0.350. The lowest BCUT2D eigenvalue weighted by Gasteiger charge is -2.25. The molecule has 7 heteroatoms. The minimum atomic E-state index is -0.439. The van der Waals surface area contributed by atoms with Crippen molar-refractivity contribution in [2.75, 3.05) is 18.5 Å². The maximum absolute atomic E-state index is 12.7. The van der Waals surface area contributed by atoms with Crippen LogP contribution in [-0.4, -0.2) is 35.8 Å². The number of thiophene rings is 1. The number of carbonyl (C=O) groups excluding carboxylic acids is 3. The molecule has 0 fully saturated rings. The third kappa shape index (κ3) is 4.03. The molecule has 27 heavy (non-hydrogen) atoms. The second-order valence-corrected chi connectivity index (χ2v) is 7.55. The molecule has 1 N–H and O–H groups in total. The number of rotatable bonds is 4. The van der Waals surface area contributed by atoms with Gasteiger partial charge in [-0.05, 0) is 38.0 Å². The summed E-state index contributed by atoms with van der Waals surface area (Å²) in [7, 11) is 0. The number of amides is 2. The molecule has 0 saturated carbocycles. The number of hydrogen-bond acceptors (Lipinski definition) is 5. The first-order chi connectivity index (χ1) is 12.9. The number of nitrogens with one attached hydrogen (secondary N) is 1. The Morgan fingerprint density at radius 3 is 2.74 bits per heavy atom. The summed E-state index contributed by atoms with van der Waals surface area (Å²) in [5.74, 6) is -0.714. The smallest absolute Gasteiger partial charge is 0.341 e. The third-order valence-electron chi connectivity index (χ3n) is 4.49. The van der Waals surface area contributed by atoms with Crippen LogP contribution in [0.4, 0.5) is 5.00 Å². The lowest BCUT2D eigenvalue weighted by molar-refractivity contribution is -0.129. The number of esters is 1.